The van der Waals surface area contributed by atoms with Gasteiger partial charge >= 0.3 is 0 Å². The topological polar surface area (TPSA) is 40.1 Å². The van der Waals surface area contributed by atoms with Gasteiger partial charge in [0.2, 0.25) is 0 Å². The van der Waals surface area contributed by atoms with E-state index in [0.29, 0.717) is 4.90 Å². The van der Waals surface area contributed by atoms with Crippen LogP contribution in [-0.2, 0) is 11.1 Å². The lowest BCUT2D eigenvalue weighted by molar-refractivity contribution is 0.538. The molecule has 3 heteroatoms. The Bertz CT molecular complexity index is 751. The van der Waals surface area contributed by atoms with E-state index in [0.717, 1.165) is 21.9 Å². The lowest BCUT2D eigenvalue weighted by atomic mass is 10.0. The molecular weight excluding hydrogens is 256 g/mol. The molecule has 3 aromatic rings. The summed E-state index contributed by atoms with van der Waals surface area (Å²) in [6, 6.07) is 20.9. The molecule has 0 bridgehead atoms. The molecule has 0 amide bonds. The molecule has 0 saturated carbocycles. The lowest BCUT2D eigenvalue weighted by Crippen LogP contribution is -1.95. The molecule has 3 aromatic carbocycles. The minimum absolute atomic E-state index is 0.365. The third-order valence-electron chi connectivity index (χ3n) is 3.13. The standard InChI is InChI=1S/C16H12O2S/c17-19(18)16-14-9-5-4-8-13(14)10-11-15(16)12-6-2-1-3-7-12/h1-11H,(H,17,18)/p-1. The van der Waals surface area contributed by atoms with Gasteiger partial charge in [0.15, 0.2) is 0 Å². The molecule has 0 heterocycles. The van der Waals surface area contributed by atoms with E-state index in [1.54, 1.807) is 0 Å². The maximum Gasteiger partial charge on any atom is 0.0405 e. The predicted octanol–water partition coefficient (Wildman–Crippen LogP) is 3.74. The second-order valence-electron chi connectivity index (χ2n) is 4.26. The van der Waals surface area contributed by atoms with Crippen LogP contribution in [0.4, 0.5) is 0 Å². The fraction of sp³-hybridized carbons (Fsp3) is 0. The summed E-state index contributed by atoms with van der Waals surface area (Å²) in [6.07, 6.45) is 0. The Morgan fingerprint density at radius 2 is 1.47 bits per heavy atom. The van der Waals surface area contributed by atoms with E-state index in [2.05, 4.69) is 0 Å². The first-order valence-corrected chi connectivity index (χ1v) is 7.01. The van der Waals surface area contributed by atoms with Crippen molar-refractivity contribution in [2.45, 2.75) is 4.90 Å². The van der Waals surface area contributed by atoms with Crippen molar-refractivity contribution in [3.05, 3.63) is 66.7 Å². The zero-order chi connectivity index (χ0) is 13.2. The molecule has 94 valence electrons. The SMILES string of the molecule is O=S([O-])c1c(-c2ccccc2)ccc2ccccc12. The summed E-state index contributed by atoms with van der Waals surface area (Å²) in [7, 11) is 0. The van der Waals surface area contributed by atoms with Crippen LogP contribution in [-0.4, -0.2) is 8.76 Å². The maximum absolute atomic E-state index is 11.6. The van der Waals surface area contributed by atoms with Crippen LogP contribution in [0, 0.1) is 0 Å². The van der Waals surface area contributed by atoms with Crippen LogP contribution in [0.3, 0.4) is 0 Å². The van der Waals surface area contributed by atoms with Crippen LogP contribution in [0.5, 0.6) is 0 Å². The smallest absolute Gasteiger partial charge is 0.0405 e. The molecule has 3 rings (SSSR count). The van der Waals surface area contributed by atoms with Gasteiger partial charge in [-0.2, -0.15) is 0 Å². The highest BCUT2D eigenvalue weighted by atomic mass is 32.2. The molecular formula is C16H11O2S-. The number of hydrogen-bond acceptors (Lipinski definition) is 2. The highest BCUT2D eigenvalue weighted by Gasteiger charge is 2.09. The molecule has 2 nitrogen and oxygen atoms in total. The van der Waals surface area contributed by atoms with E-state index >= 15 is 0 Å². The van der Waals surface area contributed by atoms with Crippen molar-refractivity contribution >= 4 is 21.9 Å². The first-order chi connectivity index (χ1) is 9.27. The average molecular weight is 267 g/mol. The number of hydrogen-bond donors (Lipinski definition) is 0. The predicted molar refractivity (Wildman–Crippen MR) is 76.6 cm³/mol. The van der Waals surface area contributed by atoms with Crippen molar-refractivity contribution < 1.29 is 8.76 Å². The summed E-state index contributed by atoms with van der Waals surface area (Å²) in [6.45, 7) is 0. The second-order valence-corrected chi connectivity index (χ2v) is 5.14. The highest BCUT2D eigenvalue weighted by Crippen LogP contribution is 2.32. The van der Waals surface area contributed by atoms with Gasteiger partial charge in [0.05, 0.1) is 0 Å². The first kappa shape index (κ1) is 12.1. The van der Waals surface area contributed by atoms with E-state index in [1.165, 1.54) is 0 Å². The molecule has 1 unspecified atom stereocenters. The van der Waals surface area contributed by atoms with E-state index < -0.39 is 11.1 Å². The molecule has 0 aliphatic heterocycles. The summed E-state index contributed by atoms with van der Waals surface area (Å²) in [5, 5.41) is 1.69. The summed E-state index contributed by atoms with van der Waals surface area (Å²) in [5.74, 6) is 0. The molecule has 0 aliphatic carbocycles. The molecule has 0 radical (unpaired) electrons. The summed E-state index contributed by atoms with van der Waals surface area (Å²) < 4.78 is 23.2. The Hall–Kier alpha value is -1.97. The quantitative estimate of drug-likeness (QED) is 0.663. The third-order valence-corrected chi connectivity index (χ3v) is 3.90. The molecule has 0 aliphatic rings. The van der Waals surface area contributed by atoms with Gasteiger partial charge in [-0.1, -0.05) is 66.7 Å². The molecule has 0 spiro atoms. The Kier molecular flexibility index (Phi) is 3.15. The molecule has 0 saturated heterocycles. The van der Waals surface area contributed by atoms with Crippen LogP contribution in [0.25, 0.3) is 21.9 Å². The molecule has 19 heavy (non-hydrogen) atoms. The van der Waals surface area contributed by atoms with Crippen LogP contribution in [0.1, 0.15) is 0 Å². The molecule has 0 aromatic heterocycles. The molecule has 0 N–H and O–H groups in total. The Balaban J connectivity index is 2.37. The fourth-order valence-corrected chi connectivity index (χ4v) is 3.00. The minimum Gasteiger partial charge on any atom is -0.768 e. The zero-order valence-electron chi connectivity index (χ0n) is 10.1. The largest absolute Gasteiger partial charge is 0.768 e. The Labute approximate surface area is 114 Å². The number of rotatable bonds is 2. The summed E-state index contributed by atoms with van der Waals surface area (Å²) in [4.78, 5) is 0.365. The number of fused-ring (bicyclic) bond motifs is 1. The summed E-state index contributed by atoms with van der Waals surface area (Å²) in [5.41, 5.74) is 1.65. The fourth-order valence-electron chi connectivity index (χ4n) is 2.27. The van der Waals surface area contributed by atoms with Gasteiger partial charge in [0.1, 0.15) is 0 Å². The maximum atomic E-state index is 11.6. The van der Waals surface area contributed by atoms with E-state index in [4.69, 9.17) is 0 Å². The van der Waals surface area contributed by atoms with Crippen molar-refractivity contribution in [2.24, 2.45) is 0 Å². The van der Waals surface area contributed by atoms with Gasteiger partial charge in [-0.15, -0.1) is 0 Å². The first-order valence-electron chi connectivity index (χ1n) is 5.94. The normalized spacial score (nSPS) is 12.5. The molecule has 0 fully saturated rings. The van der Waals surface area contributed by atoms with Crippen molar-refractivity contribution in [2.75, 3.05) is 0 Å². The van der Waals surface area contributed by atoms with Crippen LogP contribution in [0.2, 0.25) is 0 Å². The van der Waals surface area contributed by atoms with Crippen molar-refractivity contribution in [3.8, 4) is 11.1 Å². The van der Waals surface area contributed by atoms with Gasteiger partial charge < -0.3 is 4.55 Å². The summed E-state index contributed by atoms with van der Waals surface area (Å²) >= 11 is -2.27. The molecule has 1 atom stereocenters. The van der Waals surface area contributed by atoms with E-state index in [9.17, 15) is 8.76 Å². The van der Waals surface area contributed by atoms with Crippen molar-refractivity contribution in [3.63, 3.8) is 0 Å². The van der Waals surface area contributed by atoms with Gasteiger partial charge in [0, 0.05) is 4.90 Å². The zero-order valence-corrected chi connectivity index (χ0v) is 10.9. The van der Waals surface area contributed by atoms with Crippen molar-refractivity contribution in [1.82, 2.24) is 0 Å². The van der Waals surface area contributed by atoms with Crippen molar-refractivity contribution in [1.29, 1.82) is 0 Å². The van der Waals surface area contributed by atoms with E-state index in [-0.39, 0.29) is 0 Å². The van der Waals surface area contributed by atoms with Crippen LogP contribution in [0.15, 0.2) is 71.6 Å². The van der Waals surface area contributed by atoms with Gasteiger partial charge in [0.25, 0.3) is 0 Å². The minimum atomic E-state index is -2.27. The van der Waals surface area contributed by atoms with Gasteiger partial charge in [-0.3, -0.25) is 4.21 Å². The van der Waals surface area contributed by atoms with E-state index in [1.807, 2.05) is 66.7 Å². The average Bonchev–Trinajstić information content (AvgIpc) is 2.46. The monoisotopic (exact) mass is 267 g/mol. The Morgan fingerprint density at radius 3 is 2.21 bits per heavy atom. The number of benzene rings is 3. The van der Waals surface area contributed by atoms with Crippen LogP contribution < -0.4 is 0 Å². The van der Waals surface area contributed by atoms with Gasteiger partial charge in [-0.25, -0.2) is 0 Å². The van der Waals surface area contributed by atoms with Gasteiger partial charge in [-0.05, 0) is 33.0 Å². The highest BCUT2D eigenvalue weighted by molar-refractivity contribution is 7.79. The second kappa shape index (κ2) is 4.96. The third kappa shape index (κ3) is 2.18. The lowest BCUT2D eigenvalue weighted by Gasteiger charge is -2.15. The van der Waals surface area contributed by atoms with Crippen LogP contribution >= 0.6 is 0 Å². The Morgan fingerprint density at radius 1 is 0.789 bits per heavy atom.